The third-order valence-electron chi connectivity index (χ3n) is 6.27. The van der Waals surface area contributed by atoms with E-state index in [1.54, 1.807) is 19.2 Å². The Hall–Kier alpha value is -3.59. The highest BCUT2D eigenvalue weighted by Crippen LogP contribution is 2.30. The summed E-state index contributed by atoms with van der Waals surface area (Å²) < 4.78 is 16.3. The Morgan fingerprint density at radius 3 is 2.56 bits per heavy atom. The van der Waals surface area contributed by atoms with E-state index in [2.05, 4.69) is 15.3 Å². The van der Waals surface area contributed by atoms with Crippen molar-refractivity contribution in [2.45, 2.75) is 39.2 Å². The monoisotopic (exact) mass is 494 g/mol. The van der Waals surface area contributed by atoms with Gasteiger partial charge in [0.1, 0.15) is 6.61 Å². The Kier molecular flexibility index (Phi) is 8.78. The van der Waals surface area contributed by atoms with E-state index in [1.165, 1.54) is 17.9 Å². The number of ether oxygens (including phenoxy) is 3. The molecule has 0 atom stereocenters. The standard InChI is InChI=1S/C27H34N4O5/c1-3-35-25-18-21(8-12-24(25)34-2)23-11-13-26(32)31(29-23)19-20-6-9-22(10-7-20)28-27(33)36-17-16-30-14-4-5-15-30/h6-10,12,18H,3-5,11,13-17,19H2,1-2H3,(H,28,33). The highest BCUT2D eigenvalue weighted by Gasteiger charge is 2.22. The number of likely N-dealkylation sites (tertiary alicyclic amines) is 1. The Morgan fingerprint density at radius 1 is 1.06 bits per heavy atom. The number of anilines is 1. The summed E-state index contributed by atoms with van der Waals surface area (Å²) in [6, 6.07) is 13.0. The molecule has 2 heterocycles. The average Bonchev–Trinajstić information content (AvgIpc) is 3.40. The number of nitrogens with one attached hydrogen (secondary N) is 1. The van der Waals surface area contributed by atoms with Gasteiger partial charge in [0, 0.05) is 30.6 Å². The van der Waals surface area contributed by atoms with Gasteiger partial charge in [-0.05, 0) is 68.8 Å². The molecule has 0 unspecified atom stereocenters. The van der Waals surface area contributed by atoms with Crippen molar-refractivity contribution in [1.82, 2.24) is 9.91 Å². The summed E-state index contributed by atoms with van der Waals surface area (Å²) in [5.74, 6) is 1.29. The van der Waals surface area contributed by atoms with Crippen molar-refractivity contribution < 1.29 is 23.8 Å². The van der Waals surface area contributed by atoms with Gasteiger partial charge in [0.2, 0.25) is 5.91 Å². The van der Waals surface area contributed by atoms with E-state index in [0.29, 0.717) is 49.8 Å². The lowest BCUT2D eigenvalue weighted by Crippen LogP contribution is -2.31. The first-order chi connectivity index (χ1) is 17.6. The summed E-state index contributed by atoms with van der Waals surface area (Å²) in [7, 11) is 1.61. The Balaban J connectivity index is 1.34. The normalized spacial score (nSPS) is 16.0. The van der Waals surface area contributed by atoms with Crippen LogP contribution in [0.5, 0.6) is 11.5 Å². The van der Waals surface area contributed by atoms with Crippen molar-refractivity contribution in [3.05, 3.63) is 53.6 Å². The minimum absolute atomic E-state index is 0.0268. The van der Waals surface area contributed by atoms with Gasteiger partial charge in [-0.3, -0.25) is 15.0 Å². The summed E-state index contributed by atoms with van der Waals surface area (Å²) in [6.45, 7) is 6.08. The Bertz CT molecular complexity index is 1080. The number of hydrogen-bond acceptors (Lipinski definition) is 7. The molecule has 192 valence electrons. The molecule has 1 saturated heterocycles. The molecule has 36 heavy (non-hydrogen) atoms. The fraction of sp³-hybridized carbons (Fsp3) is 0.444. The maximum atomic E-state index is 12.6. The molecule has 2 aliphatic heterocycles. The van der Waals surface area contributed by atoms with Crippen LogP contribution >= 0.6 is 0 Å². The first kappa shape index (κ1) is 25.5. The number of rotatable bonds is 10. The predicted molar refractivity (Wildman–Crippen MR) is 138 cm³/mol. The largest absolute Gasteiger partial charge is 0.493 e. The van der Waals surface area contributed by atoms with Gasteiger partial charge >= 0.3 is 6.09 Å². The number of benzene rings is 2. The summed E-state index contributed by atoms with van der Waals surface area (Å²) in [5.41, 5.74) is 3.28. The van der Waals surface area contributed by atoms with E-state index in [-0.39, 0.29) is 5.91 Å². The number of carbonyl (C=O) groups is 2. The highest BCUT2D eigenvalue weighted by atomic mass is 16.5. The predicted octanol–water partition coefficient (Wildman–Crippen LogP) is 4.26. The summed E-state index contributed by atoms with van der Waals surface area (Å²) in [4.78, 5) is 26.9. The summed E-state index contributed by atoms with van der Waals surface area (Å²) >= 11 is 0. The molecule has 9 nitrogen and oxygen atoms in total. The minimum atomic E-state index is -0.465. The van der Waals surface area contributed by atoms with Crippen molar-refractivity contribution in [1.29, 1.82) is 0 Å². The molecule has 9 heteroatoms. The molecule has 1 N–H and O–H groups in total. The van der Waals surface area contributed by atoms with E-state index in [9.17, 15) is 9.59 Å². The van der Waals surface area contributed by atoms with Crippen LogP contribution in [0.15, 0.2) is 47.6 Å². The van der Waals surface area contributed by atoms with Crippen molar-refractivity contribution in [2.75, 3.05) is 45.3 Å². The molecule has 2 aliphatic rings. The second kappa shape index (κ2) is 12.4. The van der Waals surface area contributed by atoms with Crippen molar-refractivity contribution in [3.8, 4) is 11.5 Å². The van der Waals surface area contributed by atoms with E-state index in [4.69, 9.17) is 14.2 Å². The zero-order chi connectivity index (χ0) is 25.3. The number of amides is 2. The molecule has 2 aromatic rings. The Labute approximate surface area is 212 Å². The third-order valence-corrected chi connectivity index (χ3v) is 6.27. The van der Waals surface area contributed by atoms with Crippen LogP contribution in [0, 0.1) is 0 Å². The molecule has 0 saturated carbocycles. The molecule has 2 amide bonds. The van der Waals surface area contributed by atoms with E-state index < -0.39 is 6.09 Å². The fourth-order valence-electron chi connectivity index (χ4n) is 4.35. The SMILES string of the molecule is CCOc1cc(C2=NN(Cc3ccc(NC(=O)OCCN4CCCC4)cc3)C(=O)CC2)ccc1OC. The molecule has 0 spiro atoms. The zero-order valence-corrected chi connectivity index (χ0v) is 21.0. The molecule has 1 fully saturated rings. The number of methoxy groups -OCH3 is 1. The van der Waals surface area contributed by atoms with Gasteiger partial charge in [-0.2, -0.15) is 5.10 Å². The first-order valence-corrected chi connectivity index (χ1v) is 12.5. The lowest BCUT2D eigenvalue weighted by Gasteiger charge is -2.24. The Morgan fingerprint density at radius 2 is 1.83 bits per heavy atom. The zero-order valence-electron chi connectivity index (χ0n) is 21.0. The number of hydrogen-bond donors (Lipinski definition) is 1. The van der Waals surface area contributed by atoms with Crippen LogP contribution in [-0.4, -0.2) is 67.6 Å². The van der Waals surface area contributed by atoms with Crippen molar-refractivity contribution in [2.24, 2.45) is 5.10 Å². The summed E-state index contributed by atoms with van der Waals surface area (Å²) in [5, 5.41) is 8.88. The number of hydrazone groups is 1. The lowest BCUT2D eigenvalue weighted by atomic mass is 10.0. The van der Waals surface area contributed by atoms with Gasteiger partial charge in [-0.15, -0.1) is 0 Å². The van der Waals surface area contributed by atoms with Gasteiger partial charge in [0.05, 0.1) is 26.0 Å². The highest BCUT2D eigenvalue weighted by molar-refractivity contribution is 6.04. The molecule has 0 aromatic heterocycles. The van der Waals surface area contributed by atoms with E-state index >= 15 is 0 Å². The maximum absolute atomic E-state index is 12.6. The molecular weight excluding hydrogens is 460 g/mol. The van der Waals surface area contributed by atoms with E-state index in [1.807, 2.05) is 37.3 Å². The smallest absolute Gasteiger partial charge is 0.411 e. The average molecular weight is 495 g/mol. The quantitative estimate of drug-likeness (QED) is 0.531. The molecule has 0 radical (unpaired) electrons. The second-order valence-corrected chi connectivity index (χ2v) is 8.80. The van der Waals surface area contributed by atoms with Crippen LogP contribution in [0.4, 0.5) is 10.5 Å². The van der Waals surface area contributed by atoms with Crippen molar-refractivity contribution in [3.63, 3.8) is 0 Å². The van der Waals surface area contributed by atoms with Crippen LogP contribution in [0.25, 0.3) is 0 Å². The maximum Gasteiger partial charge on any atom is 0.411 e. The van der Waals surface area contributed by atoms with E-state index in [0.717, 1.165) is 36.5 Å². The van der Waals surface area contributed by atoms with Gasteiger partial charge in [0.25, 0.3) is 0 Å². The molecule has 4 rings (SSSR count). The molecule has 2 aromatic carbocycles. The molecular formula is C27H34N4O5. The third kappa shape index (κ3) is 6.75. The molecule has 0 aliphatic carbocycles. The van der Waals surface area contributed by atoms with Crippen molar-refractivity contribution >= 4 is 23.4 Å². The molecule has 0 bridgehead atoms. The lowest BCUT2D eigenvalue weighted by molar-refractivity contribution is -0.132. The van der Waals surface area contributed by atoms with Gasteiger partial charge in [-0.1, -0.05) is 12.1 Å². The second-order valence-electron chi connectivity index (χ2n) is 8.80. The van der Waals surface area contributed by atoms with Crippen LogP contribution in [0.2, 0.25) is 0 Å². The van der Waals surface area contributed by atoms with Crippen LogP contribution in [0.3, 0.4) is 0 Å². The van der Waals surface area contributed by atoms with Gasteiger partial charge in [0.15, 0.2) is 11.5 Å². The number of carbonyl (C=O) groups excluding carboxylic acids is 2. The number of nitrogens with zero attached hydrogens (tertiary/aromatic N) is 3. The van der Waals surface area contributed by atoms with Crippen LogP contribution in [-0.2, 0) is 16.1 Å². The van der Waals surface area contributed by atoms with Gasteiger partial charge < -0.3 is 14.2 Å². The first-order valence-electron chi connectivity index (χ1n) is 12.5. The van der Waals surface area contributed by atoms with Crippen LogP contribution in [0.1, 0.15) is 43.7 Å². The topological polar surface area (TPSA) is 92.7 Å². The minimum Gasteiger partial charge on any atom is -0.493 e. The van der Waals surface area contributed by atoms with Crippen LogP contribution < -0.4 is 14.8 Å². The summed E-state index contributed by atoms with van der Waals surface area (Å²) in [6.07, 6.45) is 2.91. The fourth-order valence-corrected chi connectivity index (χ4v) is 4.35. The van der Waals surface area contributed by atoms with Gasteiger partial charge in [-0.25, -0.2) is 9.80 Å².